The molecule has 3 aromatic carbocycles. The molecule has 0 unspecified atom stereocenters. The molecule has 2 atom stereocenters. The van der Waals surface area contributed by atoms with Crippen LogP contribution in [0.15, 0.2) is 71.7 Å². The standard InChI is InChI=1S/C37H36N3O5.C4H4O2.W.Y/c1-22-10-28-9-8-27-14-33(24(3)12-30(27)36(41)39(28)18-22)44-20-25-6-5-7-26(13-25)21-45-35-16-32-31(15-34(35)43-4)37(42)40-19-23(2)11-29(40)17-38-32;1-4(6)2-3-5;;/h6-7,12-17,28-29H,1-2,8-11,18-21H2,3-4H3;1-2H2;;/q-1;-2;;/t28-,29+;;;/m1.../s1/i1T,2T;;;. The summed E-state index contributed by atoms with van der Waals surface area (Å²) >= 11 is 0. The van der Waals surface area contributed by atoms with Crippen LogP contribution in [0, 0.1) is 19.9 Å². The van der Waals surface area contributed by atoms with Crippen molar-refractivity contribution in [2.75, 3.05) is 20.2 Å². The molecule has 2 amide bonds. The maximum absolute atomic E-state index is 13.4. The zero-order chi connectivity index (χ0) is 37.6. The summed E-state index contributed by atoms with van der Waals surface area (Å²) in [6.45, 7) is 9.15. The van der Waals surface area contributed by atoms with Crippen molar-refractivity contribution in [3.8, 4) is 17.2 Å². The van der Waals surface area contributed by atoms with Crippen LogP contribution in [0.5, 0.6) is 17.2 Å². The van der Waals surface area contributed by atoms with Crippen LogP contribution < -0.4 is 14.2 Å². The van der Waals surface area contributed by atoms with E-state index in [1.165, 1.54) is 19.4 Å². The van der Waals surface area contributed by atoms with Gasteiger partial charge < -0.3 is 40.5 Å². The molecule has 12 heteroatoms. The number of methoxy groups -OCH3 is 1. The Morgan fingerprint density at radius 2 is 1.66 bits per heavy atom. The maximum atomic E-state index is 13.4. The molecule has 4 aliphatic heterocycles. The largest absolute Gasteiger partial charge is 0.541 e. The Bertz CT molecular complexity index is 2040. The normalized spacial score (nSPS) is 20.1. The van der Waals surface area contributed by atoms with Crippen LogP contribution in [0.3, 0.4) is 0 Å². The third kappa shape index (κ3) is 9.64. The minimum atomic E-state index is -0.384. The Labute approximate surface area is 353 Å². The fourth-order valence-corrected chi connectivity index (χ4v) is 6.79. The molecule has 53 heavy (non-hydrogen) atoms. The second kappa shape index (κ2) is 18.5. The van der Waals surface area contributed by atoms with E-state index >= 15 is 0 Å². The Morgan fingerprint density at radius 1 is 0.981 bits per heavy atom. The van der Waals surface area contributed by atoms with E-state index in [9.17, 15) is 19.2 Å². The fourth-order valence-electron chi connectivity index (χ4n) is 6.79. The van der Waals surface area contributed by atoms with Crippen molar-refractivity contribution in [3.63, 3.8) is 0 Å². The van der Waals surface area contributed by atoms with Crippen molar-refractivity contribution < 1.29 is 89.9 Å². The molecule has 10 nitrogen and oxygen atoms in total. The number of carbonyl (C=O) groups excluding carboxylic acids is 4. The van der Waals surface area contributed by atoms with Crippen LogP contribution in [0.25, 0.3) is 0 Å². The molecule has 0 bridgehead atoms. The van der Waals surface area contributed by atoms with Gasteiger partial charge in [-0.1, -0.05) is 24.3 Å². The Kier molecular flexibility index (Phi) is 13.5. The van der Waals surface area contributed by atoms with E-state index in [4.69, 9.17) is 17.0 Å². The zero-order valence-corrected chi connectivity index (χ0v) is 35.5. The van der Waals surface area contributed by atoms with Gasteiger partial charge in [0.05, 0.1) is 40.4 Å². The molecule has 0 aromatic heterocycles. The van der Waals surface area contributed by atoms with E-state index in [1.54, 1.807) is 30.4 Å². The van der Waals surface area contributed by atoms with Crippen molar-refractivity contribution >= 4 is 35.8 Å². The van der Waals surface area contributed by atoms with Crippen molar-refractivity contribution in [1.82, 2.24) is 9.80 Å². The molecular formula is C41H40N3O7WY-3. The zero-order valence-electron chi connectivity index (χ0n) is 31.7. The molecule has 3 aromatic rings. The summed E-state index contributed by atoms with van der Waals surface area (Å²) in [6, 6.07) is 16.3. The predicted octanol–water partition coefficient (Wildman–Crippen LogP) is 6.05. The van der Waals surface area contributed by atoms with E-state index in [-0.39, 0.29) is 96.5 Å². The quantitative estimate of drug-likeness (QED) is 0.146. The van der Waals surface area contributed by atoms with Gasteiger partial charge in [-0.3, -0.25) is 20.9 Å². The third-order valence-electron chi connectivity index (χ3n) is 9.32. The van der Waals surface area contributed by atoms with Crippen LogP contribution >= 0.6 is 0 Å². The van der Waals surface area contributed by atoms with Crippen LogP contribution in [-0.4, -0.2) is 72.2 Å². The van der Waals surface area contributed by atoms with Gasteiger partial charge in [-0.25, -0.2) is 0 Å². The maximum Gasteiger partial charge on any atom is 0.257 e. The molecule has 0 spiro atoms. The number of benzene rings is 3. The van der Waals surface area contributed by atoms with Crippen LogP contribution in [0.4, 0.5) is 5.69 Å². The van der Waals surface area contributed by atoms with Crippen LogP contribution in [0.1, 0.15) is 71.4 Å². The first-order chi connectivity index (χ1) is 25.6. The average Bonchev–Trinajstić information content (AvgIpc) is 3.73. The predicted molar refractivity (Wildman–Crippen MR) is 192 cm³/mol. The molecule has 4 heterocycles. The van der Waals surface area contributed by atoms with Gasteiger partial charge in [0.2, 0.25) is 0 Å². The molecule has 273 valence electrons. The number of fused-ring (bicyclic) bond motifs is 4. The molecular weight excluding hydrogens is 919 g/mol. The number of ether oxygens (including phenoxy) is 3. The van der Waals surface area contributed by atoms with Gasteiger partial charge in [0.15, 0.2) is 11.5 Å². The molecule has 4 aliphatic rings. The van der Waals surface area contributed by atoms with Crippen LogP contribution in [0.2, 0.25) is 0 Å². The Morgan fingerprint density at radius 3 is 2.32 bits per heavy atom. The number of aryl methyl sites for hydroxylation is 2. The minimum Gasteiger partial charge on any atom is -0.541 e. The molecule has 2 saturated heterocycles. The summed E-state index contributed by atoms with van der Waals surface area (Å²) in [5.41, 5.74) is 7.34. The monoisotopic (exact) mass is 963 g/mol. The molecule has 0 N–H and O–H groups in total. The van der Waals surface area contributed by atoms with Gasteiger partial charge >= 0.3 is 0 Å². The fraction of sp³-hybridized carbons (Fsp3) is 0.317. The van der Waals surface area contributed by atoms with Gasteiger partial charge in [0.1, 0.15) is 5.75 Å². The van der Waals surface area contributed by atoms with Gasteiger partial charge in [0, 0.05) is 90.8 Å². The van der Waals surface area contributed by atoms with E-state index < -0.39 is 0 Å². The number of carbonyl (C=O) groups is 3. The first-order valence-corrected chi connectivity index (χ1v) is 16.7. The average molecular weight is 964 g/mol. The first kappa shape index (κ1) is 38.9. The molecule has 2 fully saturated rings. The summed E-state index contributed by atoms with van der Waals surface area (Å²) in [5.74, 6) is 1.19. The van der Waals surface area contributed by atoms with Crippen molar-refractivity contribution in [1.29, 1.82) is 0 Å². The third-order valence-corrected chi connectivity index (χ3v) is 9.32. The van der Waals surface area contributed by atoms with Gasteiger partial charge in [0.25, 0.3) is 11.8 Å². The van der Waals surface area contributed by atoms with E-state index in [1.807, 2.05) is 42.2 Å². The number of Topliss-reactive ketones (excluding diaryl/α,β-unsaturated/α-hetero) is 1. The van der Waals surface area contributed by atoms with Gasteiger partial charge in [-0.2, -0.15) is 24.3 Å². The topological polar surface area (TPSA) is 115 Å². The molecule has 7 rings (SSSR count). The number of hydrogen-bond donors (Lipinski definition) is 0. The number of nitrogens with zero attached hydrogens (tertiary/aromatic N) is 3. The van der Waals surface area contributed by atoms with Gasteiger partial charge in [-0.05, 0) is 67.7 Å². The number of hydrogen-bond acceptors (Lipinski definition) is 8. The summed E-state index contributed by atoms with van der Waals surface area (Å²) in [5, 5.41) is 0. The second-order valence-electron chi connectivity index (χ2n) is 13.1. The van der Waals surface area contributed by atoms with Crippen molar-refractivity contribution in [3.05, 3.63) is 113 Å². The van der Waals surface area contributed by atoms with Crippen molar-refractivity contribution in [2.24, 2.45) is 4.99 Å². The Hall–Kier alpha value is -3.85. The first-order valence-electron chi connectivity index (χ1n) is 17.9. The molecule has 0 aliphatic carbocycles. The van der Waals surface area contributed by atoms with E-state index in [0.29, 0.717) is 48.9 Å². The van der Waals surface area contributed by atoms with E-state index in [0.717, 1.165) is 64.0 Å². The molecule has 0 saturated carbocycles. The van der Waals surface area contributed by atoms with Crippen molar-refractivity contribution in [2.45, 2.75) is 64.3 Å². The number of aliphatic imine (C=N–C) groups is 1. The van der Waals surface area contributed by atoms with E-state index in [2.05, 4.69) is 18.0 Å². The minimum absolute atomic E-state index is 0. The molecule has 1 radical (unpaired) electrons. The number of rotatable bonds is 9. The SMILES string of the molecule is [3H]C=C1C[C@H]2CCc3cc(OCc4c[c-]cc(COc5cc6c(cc5OC)C(=O)N5CC(=C[3H])C[C@H]5C=N6)c4)c(C)cc3C(=O)N2C1.[CH2-]C(=O)C[C-]=O.[W].[Y]. The summed E-state index contributed by atoms with van der Waals surface area (Å²) in [4.78, 5) is 53.9. The number of ketones is 1. The summed E-state index contributed by atoms with van der Waals surface area (Å²) in [7, 11) is 1.54. The number of amides is 2. The Balaban J connectivity index is 0.000000780. The smallest absolute Gasteiger partial charge is 0.257 e. The van der Waals surface area contributed by atoms with Crippen LogP contribution in [-0.2, 0) is 83.0 Å². The van der Waals surface area contributed by atoms with Gasteiger partial charge in [-0.15, -0.1) is 17.5 Å². The summed E-state index contributed by atoms with van der Waals surface area (Å²) in [6.07, 6.45) is 6.05. The second-order valence-corrected chi connectivity index (χ2v) is 13.1. The summed E-state index contributed by atoms with van der Waals surface area (Å²) < 4.78 is 33.2.